The molecule has 0 saturated heterocycles. The predicted octanol–water partition coefficient (Wildman–Crippen LogP) is 7.22. The summed E-state index contributed by atoms with van der Waals surface area (Å²) in [5, 5.41) is 15.5. The highest BCUT2D eigenvalue weighted by atomic mass is 79.9. The highest BCUT2D eigenvalue weighted by Crippen LogP contribution is 2.37. The molecule has 0 saturated carbocycles. The molecule has 37 heavy (non-hydrogen) atoms. The Kier molecular flexibility index (Phi) is 8.32. The van der Waals surface area contributed by atoms with Crippen LogP contribution in [0.2, 0.25) is 0 Å². The Morgan fingerprint density at radius 3 is 2.19 bits per heavy atom. The predicted molar refractivity (Wildman–Crippen MR) is 145 cm³/mol. The van der Waals surface area contributed by atoms with Crippen molar-refractivity contribution in [1.82, 2.24) is 0 Å². The number of nitro benzene ring substituents is 1. The van der Waals surface area contributed by atoms with E-state index in [9.17, 15) is 24.1 Å². The Balaban J connectivity index is 1.47. The van der Waals surface area contributed by atoms with Gasteiger partial charge in [0, 0.05) is 32.8 Å². The number of benzene rings is 4. The van der Waals surface area contributed by atoms with Crippen LogP contribution < -0.4 is 10.6 Å². The van der Waals surface area contributed by atoms with Crippen molar-refractivity contribution >= 4 is 56.6 Å². The van der Waals surface area contributed by atoms with Gasteiger partial charge in [-0.05, 0) is 60.2 Å². The summed E-state index contributed by atoms with van der Waals surface area (Å²) < 4.78 is 14.9. The van der Waals surface area contributed by atoms with Crippen molar-refractivity contribution in [2.45, 2.75) is 10.1 Å². The van der Waals surface area contributed by atoms with Gasteiger partial charge in [-0.3, -0.25) is 19.7 Å². The Hall–Kier alpha value is -4.02. The van der Waals surface area contributed by atoms with E-state index >= 15 is 0 Å². The summed E-state index contributed by atoms with van der Waals surface area (Å²) in [7, 11) is 0. The Morgan fingerprint density at radius 2 is 1.57 bits per heavy atom. The topological polar surface area (TPSA) is 101 Å². The Morgan fingerprint density at radius 1 is 0.892 bits per heavy atom. The van der Waals surface area contributed by atoms with E-state index in [2.05, 4.69) is 26.6 Å². The van der Waals surface area contributed by atoms with Crippen LogP contribution >= 0.6 is 27.7 Å². The monoisotopic (exact) mass is 579 g/mol. The number of amides is 2. The van der Waals surface area contributed by atoms with Crippen LogP contribution in [0.1, 0.15) is 21.2 Å². The van der Waals surface area contributed by atoms with Crippen LogP contribution in [0.15, 0.2) is 106 Å². The number of anilines is 2. The second-order valence-corrected chi connectivity index (χ2v) is 9.90. The summed E-state index contributed by atoms with van der Waals surface area (Å²) in [6.45, 7) is 0. The molecule has 0 aliphatic rings. The van der Waals surface area contributed by atoms with Crippen LogP contribution in [0, 0.1) is 15.9 Å². The molecule has 4 rings (SSSR count). The van der Waals surface area contributed by atoms with Crippen molar-refractivity contribution in [3.05, 3.63) is 129 Å². The third-order valence-electron chi connectivity index (χ3n) is 5.24. The number of carbonyl (C=O) groups is 2. The highest BCUT2D eigenvalue weighted by Gasteiger charge is 2.23. The average molecular weight is 580 g/mol. The fourth-order valence-corrected chi connectivity index (χ4v) is 4.74. The van der Waals surface area contributed by atoms with Crippen LogP contribution in [-0.2, 0) is 4.79 Å². The van der Waals surface area contributed by atoms with Crippen LogP contribution in [0.3, 0.4) is 0 Å². The van der Waals surface area contributed by atoms with Crippen molar-refractivity contribution in [3.8, 4) is 0 Å². The normalized spacial score (nSPS) is 11.4. The number of carbonyl (C=O) groups excluding carboxylic acids is 2. The molecular weight excluding hydrogens is 561 g/mol. The molecule has 1 unspecified atom stereocenters. The smallest absolute Gasteiger partial charge is 0.269 e. The van der Waals surface area contributed by atoms with Crippen molar-refractivity contribution in [2.24, 2.45) is 0 Å². The fraction of sp³-hybridized carbons (Fsp3) is 0.0370. The summed E-state index contributed by atoms with van der Waals surface area (Å²) in [5.41, 5.74) is 1.53. The van der Waals surface area contributed by atoms with Gasteiger partial charge in [-0.25, -0.2) is 4.39 Å². The summed E-state index contributed by atoms with van der Waals surface area (Å²) in [5.74, 6) is -1.34. The molecule has 2 N–H and O–H groups in total. The van der Waals surface area contributed by atoms with E-state index in [1.807, 2.05) is 30.3 Å². The third-order valence-corrected chi connectivity index (χ3v) is 7.00. The summed E-state index contributed by atoms with van der Waals surface area (Å²) >= 11 is 4.49. The molecular formula is C27H19BrFN3O4S. The molecule has 0 fully saturated rings. The van der Waals surface area contributed by atoms with Gasteiger partial charge in [0.1, 0.15) is 11.1 Å². The highest BCUT2D eigenvalue weighted by molar-refractivity contribution is 9.10. The summed E-state index contributed by atoms with van der Waals surface area (Å²) in [6, 6.07) is 25.8. The minimum Gasteiger partial charge on any atom is -0.322 e. The Labute approximate surface area is 224 Å². The van der Waals surface area contributed by atoms with E-state index < -0.39 is 21.9 Å². The second kappa shape index (κ2) is 11.8. The van der Waals surface area contributed by atoms with Gasteiger partial charge in [0.25, 0.3) is 11.6 Å². The zero-order valence-corrected chi connectivity index (χ0v) is 21.5. The number of nitrogens with zero attached hydrogens (tertiary/aromatic N) is 1. The number of thioether (sulfide) groups is 1. The van der Waals surface area contributed by atoms with E-state index in [-0.39, 0.29) is 22.8 Å². The lowest BCUT2D eigenvalue weighted by Crippen LogP contribution is -2.19. The third kappa shape index (κ3) is 6.81. The molecule has 0 bridgehead atoms. The van der Waals surface area contributed by atoms with Crippen LogP contribution in [0.25, 0.3) is 0 Å². The molecule has 7 nitrogen and oxygen atoms in total. The van der Waals surface area contributed by atoms with Crippen LogP contribution in [-0.4, -0.2) is 16.7 Å². The Bertz CT molecular complexity index is 1430. The van der Waals surface area contributed by atoms with Gasteiger partial charge < -0.3 is 10.6 Å². The van der Waals surface area contributed by atoms with Gasteiger partial charge in [0.05, 0.1) is 10.6 Å². The summed E-state index contributed by atoms with van der Waals surface area (Å²) in [4.78, 5) is 36.7. The van der Waals surface area contributed by atoms with E-state index in [1.54, 1.807) is 30.3 Å². The molecule has 0 radical (unpaired) electrons. The molecule has 10 heteroatoms. The van der Waals surface area contributed by atoms with Crippen molar-refractivity contribution in [1.29, 1.82) is 0 Å². The molecule has 0 aromatic heterocycles. The number of hydrogen-bond donors (Lipinski definition) is 2. The lowest BCUT2D eigenvalue weighted by Gasteiger charge is -2.18. The van der Waals surface area contributed by atoms with Crippen LogP contribution in [0.5, 0.6) is 0 Å². The van der Waals surface area contributed by atoms with Gasteiger partial charge in [-0.2, -0.15) is 0 Å². The lowest BCUT2D eigenvalue weighted by molar-refractivity contribution is -0.384. The first-order valence-corrected chi connectivity index (χ1v) is 12.6. The van der Waals surface area contributed by atoms with Gasteiger partial charge >= 0.3 is 0 Å². The standard InChI is InChI=1S/C27H19BrFN3O4S/c28-19-8-15-24(23(29)16-19)31-27(34)25(17-4-2-1-3-5-17)37-22-13-9-20(10-14-22)30-26(33)18-6-11-21(12-7-18)32(35)36/h1-16,25H,(H,30,33)(H,31,34). The molecule has 1 atom stereocenters. The van der Waals surface area contributed by atoms with E-state index in [1.165, 1.54) is 48.2 Å². The van der Waals surface area contributed by atoms with Crippen molar-refractivity contribution < 1.29 is 18.9 Å². The van der Waals surface area contributed by atoms with E-state index in [0.29, 0.717) is 10.2 Å². The first-order valence-electron chi connectivity index (χ1n) is 10.9. The molecule has 2 amide bonds. The molecule has 4 aromatic rings. The zero-order chi connectivity index (χ0) is 26.4. The average Bonchev–Trinajstić information content (AvgIpc) is 2.90. The van der Waals surface area contributed by atoms with E-state index in [0.717, 1.165) is 10.5 Å². The SMILES string of the molecule is O=C(Nc1ccc(SC(C(=O)Nc2ccc(Br)cc2F)c2ccccc2)cc1)c1ccc([N+](=O)[O-])cc1. The molecule has 0 aliphatic carbocycles. The summed E-state index contributed by atoms with van der Waals surface area (Å²) in [6.07, 6.45) is 0. The van der Waals surface area contributed by atoms with E-state index in [4.69, 9.17) is 0 Å². The molecule has 0 aliphatic heterocycles. The number of non-ortho nitro benzene ring substituents is 1. The molecule has 4 aromatic carbocycles. The number of hydrogen-bond acceptors (Lipinski definition) is 5. The zero-order valence-electron chi connectivity index (χ0n) is 19.1. The lowest BCUT2D eigenvalue weighted by atomic mass is 10.1. The largest absolute Gasteiger partial charge is 0.322 e. The maximum atomic E-state index is 14.3. The van der Waals surface area contributed by atoms with Crippen LogP contribution in [0.4, 0.5) is 21.5 Å². The molecule has 186 valence electrons. The minimum atomic E-state index is -0.662. The first-order chi connectivity index (χ1) is 17.8. The van der Waals surface area contributed by atoms with Crippen molar-refractivity contribution in [2.75, 3.05) is 10.6 Å². The minimum absolute atomic E-state index is 0.0824. The quantitative estimate of drug-likeness (QED) is 0.130. The second-order valence-electron chi connectivity index (χ2n) is 7.80. The molecule has 0 heterocycles. The fourth-order valence-electron chi connectivity index (χ4n) is 3.38. The maximum Gasteiger partial charge on any atom is 0.269 e. The van der Waals surface area contributed by atoms with Gasteiger partial charge in [0.2, 0.25) is 5.91 Å². The number of rotatable bonds is 8. The van der Waals surface area contributed by atoms with Gasteiger partial charge in [-0.15, -0.1) is 11.8 Å². The number of halogens is 2. The maximum absolute atomic E-state index is 14.3. The number of nitro groups is 1. The molecule has 0 spiro atoms. The number of nitrogens with one attached hydrogen (secondary N) is 2. The van der Waals surface area contributed by atoms with Crippen molar-refractivity contribution in [3.63, 3.8) is 0 Å². The van der Waals surface area contributed by atoms with Gasteiger partial charge in [0.15, 0.2) is 0 Å². The van der Waals surface area contributed by atoms with Gasteiger partial charge in [-0.1, -0.05) is 46.3 Å². The first kappa shape index (κ1) is 26.1.